The first-order chi connectivity index (χ1) is 10.0. The second-order valence-electron chi connectivity index (χ2n) is 5.24. The number of rotatable bonds is 2. The average Bonchev–Trinajstić information content (AvgIpc) is 2.76. The SMILES string of the molecule is CC1(c2ccc(F)cc2Cl)CN=C(N)N1c1ccccc1. The predicted octanol–water partition coefficient (Wildman–Crippen LogP) is 3.53. The van der Waals surface area contributed by atoms with Gasteiger partial charge >= 0.3 is 0 Å². The van der Waals surface area contributed by atoms with E-state index in [1.54, 1.807) is 6.07 Å². The summed E-state index contributed by atoms with van der Waals surface area (Å²) in [5, 5.41) is 0.378. The minimum Gasteiger partial charge on any atom is -0.369 e. The number of guanidine groups is 1. The number of nitrogens with zero attached hydrogens (tertiary/aromatic N) is 2. The number of hydrogen-bond donors (Lipinski definition) is 1. The fourth-order valence-corrected chi connectivity index (χ4v) is 3.13. The lowest BCUT2D eigenvalue weighted by Gasteiger charge is -2.37. The van der Waals surface area contributed by atoms with Crippen LogP contribution in [0, 0.1) is 5.82 Å². The largest absolute Gasteiger partial charge is 0.369 e. The second-order valence-corrected chi connectivity index (χ2v) is 5.65. The molecule has 1 heterocycles. The van der Waals surface area contributed by atoms with E-state index in [0.717, 1.165) is 11.3 Å². The summed E-state index contributed by atoms with van der Waals surface area (Å²) < 4.78 is 13.3. The molecule has 1 unspecified atom stereocenters. The van der Waals surface area contributed by atoms with Gasteiger partial charge in [0, 0.05) is 10.7 Å². The molecule has 0 fully saturated rings. The lowest BCUT2D eigenvalue weighted by Crippen LogP contribution is -2.48. The van der Waals surface area contributed by atoms with Crippen LogP contribution < -0.4 is 10.6 Å². The number of halogens is 2. The topological polar surface area (TPSA) is 41.6 Å². The van der Waals surface area contributed by atoms with Crippen LogP contribution in [-0.4, -0.2) is 12.5 Å². The van der Waals surface area contributed by atoms with Gasteiger partial charge in [0.25, 0.3) is 0 Å². The number of anilines is 1. The molecule has 5 heteroatoms. The zero-order valence-corrected chi connectivity index (χ0v) is 12.3. The quantitative estimate of drug-likeness (QED) is 0.922. The van der Waals surface area contributed by atoms with Crippen molar-refractivity contribution in [2.75, 3.05) is 11.4 Å². The lowest BCUT2D eigenvalue weighted by atomic mass is 9.90. The molecule has 0 saturated heterocycles. The smallest absolute Gasteiger partial charge is 0.196 e. The Balaban J connectivity index is 2.11. The van der Waals surface area contributed by atoms with Crippen molar-refractivity contribution in [3.05, 3.63) is 64.9 Å². The van der Waals surface area contributed by atoms with Crippen molar-refractivity contribution in [2.45, 2.75) is 12.5 Å². The van der Waals surface area contributed by atoms with Crippen LogP contribution in [0.15, 0.2) is 53.5 Å². The van der Waals surface area contributed by atoms with E-state index in [9.17, 15) is 4.39 Å². The zero-order chi connectivity index (χ0) is 15.0. The van der Waals surface area contributed by atoms with Crippen LogP contribution in [0.25, 0.3) is 0 Å². The number of aliphatic imine (C=N–C) groups is 1. The standard InChI is InChI=1S/C16H15ClFN3/c1-16(13-8-7-11(18)9-14(13)17)10-20-15(19)21(16)12-5-3-2-4-6-12/h2-9H,10H2,1H3,(H2,19,20). The maximum atomic E-state index is 13.3. The molecule has 0 bridgehead atoms. The third kappa shape index (κ3) is 2.25. The molecule has 2 N–H and O–H groups in total. The molecular formula is C16H15ClFN3. The van der Waals surface area contributed by atoms with Gasteiger partial charge in [-0.1, -0.05) is 35.9 Å². The predicted molar refractivity (Wildman–Crippen MR) is 84.2 cm³/mol. The van der Waals surface area contributed by atoms with E-state index < -0.39 is 5.54 Å². The van der Waals surface area contributed by atoms with Crippen molar-refractivity contribution in [1.29, 1.82) is 0 Å². The molecular weight excluding hydrogens is 289 g/mol. The van der Waals surface area contributed by atoms with Crippen LogP contribution in [-0.2, 0) is 5.54 Å². The average molecular weight is 304 g/mol. The number of hydrogen-bond acceptors (Lipinski definition) is 3. The van der Waals surface area contributed by atoms with Gasteiger partial charge in [-0.3, -0.25) is 4.99 Å². The molecule has 108 valence electrons. The maximum Gasteiger partial charge on any atom is 0.196 e. The molecule has 0 amide bonds. The Morgan fingerprint density at radius 1 is 1.24 bits per heavy atom. The van der Waals surface area contributed by atoms with Crippen LogP contribution in [0.1, 0.15) is 12.5 Å². The Morgan fingerprint density at radius 2 is 1.95 bits per heavy atom. The molecule has 3 rings (SSSR count). The van der Waals surface area contributed by atoms with Gasteiger partial charge in [-0.05, 0) is 36.8 Å². The third-order valence-corrected chi connectivity index (χ3v) is 4.11. The summed E-state index contributed by atoms with van der Waals surface area (Å²) in [6, 6.07) is 14.2. The zero-order valence-electron chi connectivity index (χ0n) is 11.6. The monoisotopic (exact) mass is 303 g/mol. The Labute approximate surface area is 127 Å². The van der Waals surface area contributed by atoms with E-state index in [0.29, 0.717) is 17.5 Å². The molecule has 0 aromatic heterocycles. The highest BCUT2D eigenvalue weighted by molar-refractivity contribution is 6.31. The first kappa shape index (κ1) is 13.9. The summed E-state index contributed by atoms with van der Waals surface area (Å²) in [5.74, 6) is 0.0783. The molecule has 0 saturated carbocycles. The second kappa shape index (κ2) is 5.04. The normalized spacial score (nSPS) is 21.5. The number of para-hydroxylation sites is 1. The van der Waals surface area contributed by atoms with Gasteiger partial charge in [-0.15, -0.1) is 0 Å². The van der Waals surface area contributed by atoms with Crippen molar-refractivity contribution >= 4 is 23.2 Å². The van der Waals surface area contributed by atoms with Crippen molar-refractivity contribution in [2.24, 2.45) is 10.7 Å². The van der Waals surface area contributed by atoms with Crippen LogP contribution >= 0.6 is 11.6 Å². The highest BCUT2D eigenvalue weighted by Crippen LogP contribution is 2.39. The minimum atomic E-state index is -0.532. The Morgan fingerprint density at radius 3 is 2.62 bits per heavy atom. The molecule has 2 aromatic carbocycles. The van der Waals surface area contributed by atoms with Gasteiger partial charge < -0.3 is 10.6 Å². The molecule has 1 aliphatic heterocycles. The maximum absolute atomic E-state index is 13.3. The highest BCUT2D eigenvalue weighted by Gasteiger charge is 2.41. The molecule has 0 radical (unpaired) electrons. The Kier molecular flexibility index (Phi) is 3.33. The third-order valence-electron chi connectivity index (χ3n) is 3.80. The lowest BCUT2D eigenvalue weighted by molar-refractivity contribution is 0.530. The fraction of sp³-hybridized carbons (Fsp3) is 0.188. The summed E-state index contributed by atoms with van der Waals surface area (Å²) in [6.45, 7) is 2.47. The molecule has 1 atom stereocenters. The molecule has 0 spiro atoms. The van der Waals surface area contributed by atoms with E-state index in [4.69, 9.17) is 17.3 Å². The van der Waals surface area contributed by atoms with Gasteiger partial charge in [0.1, 0.15) is 5.82 Å². The van der Waals surface area contributed by atoms with E-state index >= 15 is 0 Å². The van der Waals surface area contributed by atoms with Gasteiger partial charge in [0.2, 0.25) is 0 Å². The molecule has 1 aliphatic rings. The molecule has 0 aliphatic carbocycles. The van der Waals surface area contributed by atoms with Crippen molar-refractivity contribution < 1.29 is 4.39 Å². The van der Waals surface area contributed by atoms with Crippen molar-refractivity contribution in [1.82, 2.24) is 0 Å². The van der Waals surface area contributed by atoms with Gasteiger partial charge in [0.05, 0.1) is 12.1 Å². The fourth-order valence-electron chi connectivity index (χ4n) is 2.76. The van der Waals surface area contributed by atoms with Crippen molar-refractivity contribution in [3.8, 4) is 0 Å². The van der Waals surface area contributed by atoms with Crippen LogP contribution in [0.2, 0.25) is 5.02 Å². The minimum absolute atomic E-state index is 0.356. The molecule has 21 heavy (non-hydrogen) atoms. The summed E-state index contributed by atoms with van der Waals surface area (Å²) in [7, 11) is 0. The summed E-state index contributed by atoms with van der Waals surface area (Å²) >= 11 is 6.24. The summed E-state index contributed by atoms with van der Waals surface area (Å²) in [6.07, 6.45) is 0. The highest BCUT2D eigenvalue weighted by atomic mass is 35.5. The Bertz CT molecular complexity index is 702. The summed E-state index contributed by atoms with van der Waals surface area (Å²) in [5.41, 5.74) is 7.27. The van der Waals surface area contributed by atoms with Gasteiger partial charge in [0.15, 0.2) is 5.96 Å². The first-order valence-corrected chi connectivity index (χ1v) is 7.01. The van der Waals surface area contributed by atoms with E-state index in [-0.39, 0.29) is 5.82 Å². The van der Waals surface area contributed by atoms with E-state index in [1.807, 2.05) is 42.2 Å². The van der Waals surface area contributed by atoms with E-state index in [2.05, 4.69) is 4.99 Å². The van der Waals surface area contributed by atoms with Crippen LogP contribution in [0.4, 0.5) is 10.1 Å². The number of benzene rings is 2. The van der Waals surface area contributed by atoms with Crippen LogP contribution in [0.5, 0.6) is 0 Å². The van der Waals surface area contributed by atoms with Gasteiger partial charge in [-0.2, -0.15) is 0 Å². The van der Waals surface area contributed by atoms with Gasteiger partial charge in [-0.25, -0.2) is 4.39 Å². The van der Waals surface area contributed by atoms with Crippen molar-refractivity contribution in [3.63, 3.8) is 0 Å². The molecule has 2 aromatic rings. The van der Waals surface area contributed by atoms with Crippen LogP contribution in [0.3, 0.4) is 0 Å². The first-order valence-electron chi connectivity index (χ1n) is 6.63. The number of nitrogens with two attached hydrogens (primary N) is 1. The Hall–Kier alpha value is -2.07. The summed E-state index contributed by atoms with van der Waals surface area (Å²) in [4.78, 5) is 6.29. The molecule has 3 nitrogen and oxygen atoms in total. The van der Waals surface area contributed by atoms with E-state index in [1.165, 1.54) is 12.1 Å².